The van der Waals surface area contributed by atoms with Crippen molar-refractivity contribution in [1.82, 2.24) is 19.8 Å². The Hall–Kier alpha value is -1.54. The highest BCUT2D eigenvalue weighted by Gasteiger charge is 2.22. The van der Waals surface area contributed by atoms with Crippen LogP contribution in [0.1, 0.15) is 27.2 Å². The van der Waals surface area contributed by atoms with E-state index in [0.29, 0.717) is 61.8 Å². The van der Waals surface area contributed by atoms with Gasteiger partial charge in [0.15, 0.2) is 5.16 Å². The molecule has 2 heterocycles. The van der Waals surface area contributed by atoms with Crippen LogP contribution in [0.15, 0.2) is 11.2 Å². The number of halogens is 1. The molecule has 1 aliphatic rings. The molecule has 2 amide bonds. The average Bonchev–Trinajstić information content (AvgIpc) is 2.66. The molecule has 0 atom stereocenters. The van der Waals surface area contributed by atoms with E-state index >= 15 is 0 Å². The molecule has 0 N–H and O–H groups in total. The zero-order chi connectivity index (χ0) is 19.1. The number of piperazine rings is 1. The van der Waals surface area contributed by atoms with Gasteiger partial charge in [0.25, 0.3) is 0 Å². The van der Waals surface area contributed by atoms with E-state index in [1.54, 1.807) is 11.0 Å². The van der Waals surface area contributed by atoms with Crippen molar-refractivity contribution in [2.45, 2.75) is 32.3 Å². The normalized spacial score (nSPS) is 14.5. The van der Waals surface area contributed by atoms with Crippen molar-refractivity contribution in [2.75, 3.05) is 49.9 Å². The van der Waals surface area contributed by atoms with Gasteiger partial charge in [-0.05, 0) is 13.8 Å². The summed E-state index contributed by atoms with van der Waals surface area (Å²) in [5, 5.41) is 0.861. The van der Waals surface area contributed by atoms with Crippen LogP contribution in [0.2, 0.25) is 5.15 Å². The van der Waals surface area contributed by atoms with Gasteiger partial charge in [-0.15, -0.1) is 0 Å². The largest absolute Gasteiger partial charge is 0.353 e. The molecule has 9 heteroatoms. The standard InChI is InChI=1S/C17H26ClN5O2S/c1-4-15(24)23-9-7-22(8-10-23)14-11-13(18)19-17(20-14)26-12-16(25)21(5-2)6-3/h11H,4-10,12H2,1-3H3. The Morgan fingerprint density at radius 2 is 1.81 bits per heavy atom. The summed E-state index contributed by atoms with van der Waals surface area (Å²) in [4.78, 5) is 38.5. The quantitative estimate of drug-likeness (QED) is 0.397. The monoisotopic (exact) mass is 399 g/mol. The Morgan fingerprint density at radius 1 is 1.15 bits per heavy atom. The number of amides is 2. The maximum absolute atomic E-state index is 12.1. The lowest BCUT2D eigenvalue weighted by Crippen LogP contribution is -2.48. The lowest BCUT2D eigenvalue weighted by Gasteiger charge is -2.35. The molecule has 1 saturated heterocycles. The van der Waals surface area contributed by atoms with Gasteiger partial charge in [0, 0.05) is 51.8 Å². The van der Waals surface area contributed by atoms with E-state index < -0.39 is 0 Å². The molecular formula is C17H26ClN5O2S. The molecule has 0 saturated carbocycles. The van der Waals surface area contributed by atoms with Crippen molar-refractivity contribution in [2.24, 2.45) is 0 Å². The van der Waals surface area contributed by atoms with Crippen molar-refractivity contribution in [1.29, 1.82) is 0 Å². The fourth-order valence-electron chi connectivity index (χ4n) is 2.81. The SMILES string of the molecule is CCC(=O)N1CCN(c2cc(Cl)nc(SCC(=O)N(CC)CC)n2)CC1. The minimum absolute atomic E-state index is 0.0665. The second-order valence-corrected chi connectivity index (χ2v) is 7.24. The maximum Gasteiger partial charge on any atom is 0.233 e. The Balaban J connectivity index is 1.99. The molecule has 7 nitrogen and oxygen atoms in total. The third-order valence-corrected chi connectivity index (χ3v) is 5.39. The number of anilines is 1. The molecule has 0 spiro atoms. The molecule has 0 aromatic carbocycles. The first-order valence-corrected chi connectivity index (χ1v) is 10.3. The highest BCUT2D eigenvalue weighted by molar-refractivity contribution is 7.99. The number of hydrogen-bond donors (Lipinski definition) is 0. The van der Waals surface area contributed by atoms with Gasteiger partial charge >= 0.3 is 0 Å². The number of nitrogens with zero attached hydrogens (tertiary/aromatic N) is 5. The predicted octanol–water partition coefficient (Wildman–Crippen LogP) is 2.15. The van der Waals surface area contributed by atoms with Gasteiger partial charge in [0.1, 0.15) is 11.0 Å². The molecule has 144 valence electrons. The van der Waals surface area contributed by atoms with Crippen LogP contribution in [0.25, 0.3) is 0 Å². The van der Waals surface area contributed by atoms with E-state index in [4.69, 9.17) is 11.6 Å². The molecule has 0 bridgehead atoms. The minimum Gasteiger partial charge on any atom is -0.353 e. The maximum atomic E-state index is 12.1. The van der Waals surface area contributed by atoms with Gasteiger partial charge in [-0.1, -0.05) is 30.3 Å². The fraction of sp³-hybridized carbons (Fsp3) is 0.647. The van der Waals surface area contributed by atoms with E-state index in [-0.39, 0.29) is 11.8 Å². The lowest BCUT2D eigenvalue weighted by molar-refractivity contribution is -0.131. The summed E-state index contributed by atoms with van der Waals surface area (Å²) in [6.45, 7) is 9.96. The van der Waals surface area contributed by atoms with Crippen LogP contribution in [-0.2, 0) is 9.59 Å². The van der Waals surface area contributed by atoms with Gasteiger partial charge in [-0.3, -0.25) is 9.59 Å². The number of carbonyl (C=O) groups excluding carboxylic acids is 2. The topological polar surface area (TPSA) is 69.6 Å². The summed E-state index contributed by atoms with van der Waals surface area (Å²) >= 11 is 7.45. The molecular weight excluding hydrogens is 374 g/mol. The number of aromatic nitrogens is 2. The van der Waals surface area contributed by atoms with E-state index in [1.807, 2.05) is 25.7 Å². The van der Waals surface area contributed by atoms with E-state index in [9.17, 15) is 9.59 Å². The molecule has 2 rings (SSSR count). The molecule has 1 aromatic rings. The molecule has 1 aromatic heterocycles. The molecule has 1 fully saturated rings. The lowest BCUT2D eigenvalue weighted by atomic mass is 10.3. The van der Waals surface area contributed by atoms with Crippen LogP contribution in [0.4, 0.5) is 5.82 Å². The Morgan fingerprint density at radius 3 is 2.38 bits per heavy atom. The Labute approximate surface area is 164 Å². The fourth-order valence-corrected chi connectivity index (χ4v) is 3.80. The van der Waals surface area contributed by atoms with Crippen LogP contribution in [0, 0.1) is 0 Å². The minimum atomic E-state index is 0.0665. The van der Waals surface area contributed by atoms with Gasteiger partial charge in [-0.2, -0.15) is 0 Å². The van der Waals surface area contributed by atoms with Crippen molar-refractivity contribution in [3.05, 3.63) is 11.2 Å². The summed E-state index contributed by atoms with van der Waals surface area (Å²) in [5.41, 5.74) is 0. The van der Waals surface area contributed by atoms with Crippen molar-refractivity contribution in [3.8, 4) is 0 Å². The second kappa shape index (κ2) is 9.97. The summed E-state index contributed by atoms with van der Waals surface area (Å²) < 4.78 is 0. The van der Waals surface area contributed by atoms with Crippen molar-refractivity contribution < 1.29 is 9.59 Å². The summed E-state index contributed by atoms with van der Waals surface area (Å²) in [6.07, 6.45) is 0.528. The molecule has 0 unspecified atom stereocenters. The Kier molecular flexibility index (Phi) is 7.96. The zero-order valence-electron chi connectivity index (χ0n) is 15.6. The number of carbonyl (C=O) groups is 2. The Bertz CT molecular complexity index is 634. The third-order valence-electron chi connectivity index (χ3n) is 4.36. The average molecular weight is 400 g/mol. The second-order valence-electron chi connectivity index (χ2n) is 5.91. The van der Waals surface area contributed by atoms with Crippen LogP contribution >= 0.6 is 23.4 Å². The van der Waals surface area contributed by atoms with E-state index in [1.165, 1.54) is 11.8 Å². The van der Waals surface area contributed by atoms with Gasteiger partial charge in [0.05, 0.1) is 5.75 Å². The van der Waals surface area contributed by atoms with Gasteiger partial charge in [-0.25, -0.2) is 9.97 Å². The van der Waals surface area contributed by atoms with E-state index in [2.05, 4.69) is 14.9 Å². The van der Waals surface area contributed by atoms with E-state index in [0.717, 1.165) is 5.82 Å². The summed E-state index contributed by atoms with van der Waals surface area (Å²) in [6, 6.07) is 1.73. The first kappa shape index (κ1) is 20.8. The summed E-state index contributed by atoms with van der Waals surface area (Å²) in [5.74, 6) is 1.28. The van der Waals surface area contributed by atoms with Crippen LogP contribution in [-0.4, -0.2) is 76.6 Å². The van der Waals surface area contributed by atoms with Crippen LogP contribution in [0.5, 0.6) is 0 Å². The number of thioether (sulfide) groups is 1. The number of rotatable bonds is 7. The zero-order valence-corrected chi connectivity index (χ0v) is 17.1. The van der Waals surface area contributed by atoms with Gasteiger partial charge < -0.3 is 14.7 Å². The predicted molar refractivity (Wildman–Crippen MR) is 105 cm³/mol. The van der Waals surface area contributed by atoms with Crippen molar-refractivity contribution in [3.63, 3.8) is 0 Å². The summed E-state index contributed by atoms with van der Waals surface area (Å²) in [7, 11) is 0. The van der Waals surface area contributed by atoms with Crippen LogP contribution in [0.3, 0.4) is 0 Å². The smallest absolute Gasteiger partial charge is 0.233 e. The van der Waals surface area contributed by atoms with Gasteiger partial charge in [0.2, 0.25) is 11.8 Å². The first-order chi connectivity index (χ1) is 12.5. The molecule has 0 radical (unpaired) electrons. The molecule has 26 heavy (non-hydrogen) atoms. The number of hydrogen-bond acceptors (Lipinski definition) is 6. The highest BCUT2D eigenvalue weighted by atomic mass is 35.5. The van der Waals surface area contributed by atoms with Crippen LogP contribution < -0.4 is 4.90 Å². The highest BCUT2D eigenvalue weighted by Crippen LogP contribution is 2.23. The third kappa shape index (κ3) is 5.48. The van der Waals surface area contributed by atoms with Crippen molar-refractivity contribution >= 4 is 41.0 Å². The molecule has 1 aliphatic heterocycles. The first-order valence-electron chi connectivity index (χ1n) is 8.96. The molecule has 0 aliphatic carbocycles.